The third-order valence-electron chi connectivity index (χ3n) is 1.42. The van der Waals surface area contributed by atoms with Crippen LogP contribution in [0.3, 0.4) is 0 Å². The van der Waals surface area contributed by atoms with E-state index >= 15 is 0 Å². The van der Waals surface area contributed by atoms with Crippen molar-refractivity contribution in [3.05, 3.63) is 0 Å². The molecular formula is C7H13F3N2O3. The van der Waals surface area contributed by atoms with Gasteiger partial charge in [0.15, 0.2) is 0 Å². The first-order valence-electron chi connectivity index (χ1n) is 4.17. The quantitative estimate of drug-likeness (QED) is 0.453. The van der Waals surface area contributed by atoms with E-state index in [-0.39, 0.29) is 0 Å². The number of aliphatic hydroxyl groups is 2. The summed E-state index contributed by atoms with van der Waals surface area (Å²) in [6.07, 6.45) is -4.37. The smallest absolute Gasteiger partial charge is 0.394 e. The second-order valence-electron chi connectivity index (χ2n) is 2.85. The number of hydrogen-bond donors (Lipinski definition) is 4. The first-order valence-corrected chi connectivity index (χ1v) is 4.17. The van der Waals surface area contributed by atoms with Gasteiger partial charge >= 0.3 is 6.18 Å². The van der Waals surface area contributed by atoms with Crippen LogP contribution in [0, 0.1) is 0 Å². The number of amides is 1. The van der Waals surface area contributed by atoms with Crippen LogP contribution >= 0.6 is 0 Å². The van der Waals surface area contributed by atoms with Crippen LogP contribution in [0.1, 0.15) is 0 Å². The highest BCUT2D eigenvalue weighted by Gasteiger charge is 2.26. The monoisotopic (exact) mass is 230 g/mol. The maximum atomic E-state index is 11.6. The molecule has 0 aromatic heterocycles. The lowest BCUT2D eigenvalue weighted by atomic mass is 10.3. The molecular weight excluding hydrogens is 217 g/mol. The van der Waals surface area contributed by atoms with Crippen molar-refractivity contribution < 1.29 is 28.2 Å². The summed E-state index contributed by atoms with van der Waals surface area (Å²) in [6, 6.07) is -0.842. The number of alkyl halides is 3. The number of halogens is 3. The van der Waals surface area contributed by atoms with Crippen molar-refractivity contribution in [1.82, 2.24) is 10.6 Å². The molecule has 15 heavy (non-hydrogen) atoms. The van der Waals surface area contributed by atoms with Gasteiger partial charge in [-0.2, -0.15) is 13.2 Å². The van der Waals surface area contributed by atoms with Crippen LogP contribution in [0.2, 0.25) is 0 Å². The van der Waals surface area contributed by atoms with E-state index in [1.54, 1.807) is 0 Å². The third kappa shape index (κ3) is 8.16. The molecule has 0 aromatic rings. The minimum Gasteiger partial charge on any atom is -0.394 e. The van der Waals surface area contributed by atoms with Crippen LogP contribution in [-0.4, -0.2) is 54.6 Å². The Kier molecular flexibility index (Phi) is 6.21. The fraction of sp³-hybridized carbons (Fsp3) is 0.857. The lowest BCUT2D eigenvalue weighted by molar-refractivity contribution is -0.129. The summed E-state index contributed by atoms with van der Waals surface area (Å²) in [7, 11) is 0. The van der Waals surface area contributed by atoms with E-state index in [1.165, 1.54) is 0 Å². The van der Waals surface area contributed by atoms with Crippen LogP contribution in [0.5, 0.6) is 0 Å². The Labute approximate surface area is 84.3 Å². The number of carbonyl (C=O) groups is 1. The Balaban J connectivity index is 3.66. The Morgan fingerprint density at radius 1 is 1.27 bits per heavy atom. The van der Waals surface area contributed by atoms with Crippen molar-refractivity contribution in [2.45, 2.75) is 12.2 Å². The maximum absolute atomic E-state index is 11.6. The lowest BCUT2D eigenvalue weighted by Crippen LogP contribution is -2.45. The molecule has 0 spiro atoms. The summed E-state index contributed by atoms with van der Waals surface area (Å²) in [6.45, 7) is -2.72. The van der Waals surface area contributed by atoms with Gasteiger partial charge in [-0.25, -0.2) is 0 Å². The van der Waals surface area contributed by atoms with Gasteiger partial charge in [-0.3, -0.25) is 4.79 Å². The molecule has 0 aliphatic carbocycles. The van der Waals surface area contributed by atoms with Crippen molar-refractivity contribution in [2.24, 2.45) is 0 Å². The predicted molar refractivity (Wildman–Crippen MR) is 45.0 cm³/mol. The van der Waals surface area contributed by atoms with Crippen molar-refractivity contribution in [3.63, 3.8) is 0 Å². The van der Waals surface area contributed by atoms with Crippen LogP contribution in [0.4, 0.5) is 13.2 Å². The minimum atomic E-state index is -4.37. The Hall–Kier alpha value is -0.860. The minimum absolute atomic E-state index is 0.471. The third-order valence-corrected chi connectivity index (χ3v) is 1.42. The molecule has 0 aliphatic heterocycles. The zero-order valence-corrected chi connectivity index (χ0v) is 7.84. The van der Waals surface area contributed by atoms with Gasteiger partial charge in [0.05, 0.1) is 32.3 Å². The average Bonchev–Trinajstić information content (AvgIpc) is 2.12. The van der Waals surface area contributed by atoms with E-state index in [0.717, 1.165) is 0 Å². The summed E-state index contributed by atoms with van der Waals surface area (Å²) in [5.41, 5.74) is 0. The molecule has 0 radical (unpaired) electrons. The highest BCUT2D eigenvalue weighted by molar-refractivity contribution is 5.78. The number of nitrogens with one attached hydrogen (secondary N) is 2. The zero-order valence-electron chi connectivity index (χ0n) is 7.84. The Bertz CT molecular complexity index is 194. The summed E-state index contributed by atoms with van der Waals surface area (Å²) < 4.78 is 34.9. The zero-order chi connectivity index (χ0) is 11.9. The first-order chi connectivity index (χ1) is 6.89. The number of hydrogen-bond acceptors (Lipinski definition) is 4. The molecule has 8 heteroatoms. The van der Waals surface area contributed by atoms with Gasteiger partial charge in [-0.1, -0.05) is 0 Å². The second kappa shape index (κ2) is 6.59. The highest BCUT2D eigenvalue weighted by Crippen LogP contribution is 2.11. The molecule has 0 fully saturated rings. The summed E-state index contributed by atoms with van der Waals surface area (Å²) in [5.74, 6) is -0.715. The van der Waals surface area contributed by atoms with Crippen LogP contribution in [0.25, 0.3) is 0 Å². The van der Waals surface area contributed by atoms with Crippen LogP contribution < -0.4 is 10.6 Å². The van der Waals surface area contributed by atoms with Crippen molar-refractivity contribution in [2.75, 3.05) is 26.3 Å². The summed E-state index contributed by atoms with van der Waals surface area (Å²) >= 11 is 0. The summed E-state index contributed by atoms with van der Waals surface area (Å²) in [5, 5.41) is 21.1. The molecule has 0 atom stereocenters. The molecule has 0 bridgehead atoms. The van der Waals surface area contributed by atoms with Crippen LogP contribution in [0.15, 0.2) is 0 Å². The molecule has 0 aliphatic rings. The van der Waals surface area contributed by atoms with Gasteiger partial charge in [0, 0.05) is 0 Å². The van der Waals surface area contributed by atoms with Gasteiger partial charge in [0.1, 0.15) is 0 Å². The number of carbonyl (C=O) groups excluding carboxylic acids is 1. The maximum Gasteiger partial charge on any atom is 0.401 e. The molecule has 0 aromatic carbocycles. The normalized spacial score (nSPS) is 11.9. The van der Waals surface area contributed by atoms with E-state index in [2.05, 4.69) is 5.32 Å². The molecule has 1 amide bonds. The molecule has 0 unspecified atom stereocenters. The standard InChI is InChI=1S/C7H13F3N2O3/c8-7(9,10)4-11-1-6(15)12-5(2-13)3-14/h5,11,13-14H,1-4H2,(H,12,15). The molecule has 0 saturated heterocycles. The van der Waals surface area contributed by atoms with Gasteiger partial charge in [0.2, 0.25) is 5.91 Å². The molecule has 0 saturated carbocycles. The molecule has 90 valence electrons. The number of aliphatic hydroxyl groups excluding tert-OH is 2. The first kappa shape index (κ1) is 14.1. The molecule has 0 heterocycles. The van der Waals surface area contributed by atoms with E-state index in [9.17, 15) is 18.0 Å². The molecule has 4 N–H and O–H groups in total. The largest absolute Gasteiger partial charge is 0.401 e. The SMILES string of the molecule is O=C(CNCC(F)(F)F)NC(CO)CO. The average molecular weight is 230 g/mol. The van der Waals surface area contributed by atoms with E-state index in [1.807, 2.05) is 5.32 Å². The second-order valence-corrected chi connectivity index (χ2v) is 2.85. The van der Waals surface area contributed by atoms with Crippen molar-refractivity contribution >= 4 is 5.91 Å². The van der Waals surface area contributed by atoms with Gasteiger partial charge < -0.3 is 20.8 Å². The topological polar surface area (TPSA) is 81.6 Å². The van der Waals surface area contributed by atoms with E-state index in [0.29, 0.717) is 0 Å². The molecule has 0 rings (SSSR count). The Morgan fingerprint density at radius 3 is 2.20 bits per heavy atom. The summed E-state index contributed by atoms with van der Waals surface area (Å²) in [4.78, 5) is 10.9. The highest BCUT2D eigenvalue weighted by atomic mass is 19.4. The van der Waals surface area contributed by atoms with E-state index < -0.39 is 44.4 Å². The van der Waals surface area contributed by atoms with Gasteiger partial charge in [-0.05, 0) is 0 Å². The van der Waals surface area contributed by atoms with Crippen molar-refractivity contribution in [1.29, 1.82) is 0 Å². The fourth-order valence-corrected chi connectivity index (χ4v) is 0.745. The van der Waals surface area contributed by atoms with Gasteiger partial charge in [-0.15, -0.1) is 0 Å². The Morgan fingerprint density at radius 2 is 1.80 bits per heavy atom. The molecule has 5 nitrogen and oxygen atoms in total. The number of rotatable bonds is 6. The van der Waals surface area contributed by atoms with Crippen LogP contribution in [-0.2, 0) is 4.79 Å². The fourth-order valence-electron chi connectivity index (χ4n) is 0.745. The van der Waals surface area contributed by atoms with Gasteiger partial charge in [0.25, 0.3) is 0 Å². The van der Waals surface area contributed by atoms with Crippen molar-refractivity contribution in [3.8, 4) is 0 Å². The predicted octanol–water partition coefficient (Wildman–Crippen LogP) is -1.39. The van der Waals surface area contributed by atoms with E-state index in [4.69, 9.17) is 10.2 Å². The lowest BCUT2D eigenvalue weighted by Gasteiger charge is -2.14.